The molecule has 1 nitrogen and oxygen atoms in total. The van der Waals surface area contributed by atoms with Crippen LogP contribution >= 0.6 is 0 Å². The molecular weight excluding hydrogens is 232 g/mol. The number of benzene rings is 1. The standard InChI is InChI=1S/C18H22O/c1-14(13-19)17-12-18(9-5-2-6-10-18)11-15-7-3-4-8-16(15)17/h3-5,7-9,19H,2,6,10-13H2,1H3/b17-14+. The second kappa shape index (κ2) is 4.97. The summed E-state index contributed by atoms with van der Waals surface area (Å²) in [6.07, 6.45) is 10.8. The molecule has 0 aliphatic heterocycles. The lowest BCUT2D eigenvalue weighted by atomic mass is 9.65. The van der Waals surface area contributed by atoms with Crippen molar-refractivity contribution >= 4 is 5.57 Å². The van der Waals surface area contributed by atoms with Crippen LogP contribution in [0.25, 0.3) is 5.57 Å². The Morgan fingerprint density at radius 1 is 1.26 bits per heavy atom. The molecular formula is C18H22O. The lowest BCUT2D eigenvalue weighted by Crippen LogP contribution is -2.28. The zero-order valence-corrected chi connectivity index (χ0v) is 11.7. The fourth-order valence-corrected chi connectivity index (χ4v) is 3.62. The number of aliphatic hydroxyl groups is 1. The van der Waals surface area contributed by atoms with Gasteiger partial charge in [0.25, 0.3) is 0 Å². The van der Waals surface area contributed by atoms with Crippen LogP contribution in [0.5, 0.6) is 0 Å². The molecule has 19 heavy (non-hydrogen) atoms. The maximum atomic E-state index is 9.52. The van der Waals surface area contributed by atoms with E-state index in [4.69, 9.17) is 0 Å². The van der Waals surface area contributed by atoms with Gasteiger partial charge in [-0.3, -0.25) is 0 Å². The van der Waals surface area contributed by atoms with Gasteiger partial charge < -0.3 is 5.11 Å². The molecule has 0 saturated heterocycles. The van der Waals surface area contributed by atoms with Gasteiger partial charge in [-0.25, -0.2) is 0 Å². The van der Waals surface area contributed by atoms with E-state index in [9.17, 15) is 5.11 Å². The first-order chi connectivity index (χ1) is 9.24. The van der Waals surface area contributed by atoms with E-state index >= 15 is 0 Å². The predicted molar refractivity (Wildman–Crippen MR) is 79.9 cm³/mol. The first-order valence-electron chi connectivity index (χ1n) is 7.30. The second-order valence-electron chi connectivity index (χ2n) is 6.08. The van der Waals surface area contributed by atoms with Crippen molar-refractivity contribution in [3.05, 3.63) is 53.1 Å². The quantitative estimate of drug-likeness (QED) is 0.747. The molecule has 2 aliphatic carbocycles. The van der Waals surface area contributed by atoms with Gasteiger partial charge in [0.2, 0.25) is 0 Å². The third kappa shape index (κ3) is 2.28. The van der Waals surface area contributed by atoms with Crippen LogP contribution in [0.4, 0.5) is 0 Å². The SMILES string of the molecule is C/C(CO)=C1/CC2(C=CCCC2)Cc2ccccc21. The van der Waals surface area contributed by atoms with Gasteiger partial charge in [0, 0.05) is 0 Å². The second-order valence-corrected chi connectivity index (χ2v) is 6.08. The molecule has 1 unspecified atom stereocenters. The molecule has 0 heterocycles. The fourth-order valence-electron chi connectivity index (χ4n) is 3.62. The molecule has 1 aromatic rings. The minimum atomic E-state index is 0.170. The molecule has 1 spiro atoms. The van der Waals surface area contributed by atoms with Gasteiger partial charge in [0.05, 0.1) is 6.61 Å². The third-order valence-corrected chi connectivity index (χ3v) is 4.68. The topological polar surface area (TPSA) is 20.2 Å². The molecule has 1 aromatic carbocycles. The Kier molecular flexibility index (Phi) is 3.32. The molecule has 0 bridgehead atoms. The highest BCUT2D eigenvalue weighted by atomic mass is 16.3. The molecule has 2 aliphatic rings. The van der Waals surface area contributed by atoms with Gasteiger partial charge in [0.15, 0.2) is 0 Å². The van der Waals surface area contributed by atoms with E-state index in [2.05, 4.69) is 43.3 Å². The Bertz CT molecular complexity index is 538. The first-order valence-corrected chi connectivity index (χ1v) is 7.30. The molecule has 1 atom stereocenters. The van der Waals surface area contributed by atoms with E-state index in [-0.39, 0.29) is 6.61 Å². The van der Waals surface area contributed by atoms with Crippen LogP contribution in [0.15, 0.2) is 42.0 Å². The third-order valence-electron chi connectivity index (χ3n) is 4.68. The average molecular weight is 254 g/mol. The summed E-state index contributed by atoms with van der Waals surface area (Å²) < 4.78 is 0. The first kappa shape index (κ1) is 12.7. The number of hydrogen-bond acceptors (Lipinski definition) is 1. The Hall–Kier alpha value is -1.34. The summed E-state index contributed by atoms with van der Waals surface area (Å²) in [7, 11) is 0. The smallest absolute Gasteiger partial charge is 0.0644 e. The summed E-state index contributed by atoms with van der Waals surface area (Å²) in [5.41, 5.74) is 5.61. The monoisotopic (exact) mass is 254 g/mol. The van der Waals surface area contributed by atoms with E-state index in [0.29, 0.717) is 5.41 Å². The number of hydrogen-bond donors (Lipinski definition) is 1. The van der Waals surface area contributed by atoms with Crippen molar-refractivity contribution in [1.29, 1.82) is 0 Å². The maximum absolute atomic E-state index is 9.52. The molecule has 1 heteroatoms. The largest absolute Gasteiger partial charge is 0.392 e. The Morgan fingerprint density at radius 3 is 2.84 bits per heavy atom. The number of rotatable bonds is 1. The molecule has 0 radical (unpaired) electrons. The van der Waals surface area contributed by atoms with Crippen LogP contribution in [0, 0.1) is 5.41 Å². The molecule has 1 N–H and O–H groups in total. The van der Waals surface area contributed by atoms with E-state index in [0.717, 1.165) is 18.4 Å². The highest BCUT2D eigenvalue weighted by molar-refractivity contribution is 5.73. The van der Waals surface area contributed by atoms with Crippen molar-refractivity contribution in [2.75, 3.05) is 6.61 Å². The normalized spacial score (nSPS) is 28.3. The van der Waals surface area contributed by atoms with Gasteiger partial charge in [-0.1, -0.05) is 36.4 Å². The van der Waals surface area contributed by atoms with Crippen molar-refractivity contribution in [1.82, 2.24) is 0 Å². The van der Waals surface area contributed by atoms with Gasteiger partial charge in [-0.2, -0.15) is 0 Å². The lowest BCUT2D eigenvalue weighted by molar-refractivity contribution is 0.316. The maximum Gasteiger partial charge on any atom is 0.0644 e. The van der Waals surface area contributed by atoms with Crippen LogP contribution < -0.4 is 0 Å². The summed E-state index contributed by atoms with van der Waals surface area (Å²) in [6.45, 7) is 2.24. The van der Waals surface area contributed by atoms with Gasteiger partial charge in [-0.15, -0.1) is 0 Å². The minimum absolute atomic E-state index is 0.170. The van der Waals surface area contributed by atoms with Crippen LogP contribution in [0.3, 0.4) is 0 Å². The summed E-state index contributed by atoms with van der Waals surface area (Å²) in [4.78, 5) is 0. The van der Waals surface area contributed by atoms with Gasteiger partial charge in [0.1, 0.15) is 0 Å². The molecule has 3 rings (SSSR count). The molecule has 0 aromatic heterocycles. The van der Waals surface area contributed by atoms with Gasteiger partial charge >= 0.3 is 0 Å². The summed E-state index contributed by atoms with van der Waals surface area (Å²) in [6, 6.07) is 8.71. The van der Waals surface area contributed by atoms with Gasteiger partial charge in [-0.05, 0) is 66.7 Å². The Morgan fingerprint density at radius 2 is 2.11 bits per heavy atom. The van der Waals surface area contributed by atoms with Crippen molar-refractivity contribution < 1.29 is 5.11 Å². The average Bonchev–Trinajstić information content (AvgIpc) is 2.46. The van der Waals surface area contributed by atoms with E-state index in [1.165, 1.54) is 36.0 Å². The Labute approximate surface area is 115 Å². The number of fused-ring (bicyclic) bond motifs is 1. The van der Waals surface area contributed by atoms with Crippen LogP contribution in [-0.2, 0) is 6.42 Å². The zero-order chi connectivity index (χ0) is 13.3. The van der Waals surface area contributed by atoms with Crippen molar-refractivity contribution in [3.63, 3.8) is 0 Å². The summed E-state index contributed by atoms with van der Waals surface area (Å²) in [5, 5.41) is 9.52. The fraction of sp³-hybridized carbons (Fsp3) is 0.444. The van der Waals surface area contributed by atoms with E-state index in [1.807, 2.05) is 0 Å². The minimum Gasteiger partial charge on any atom is -0.392 e. The van der Waals surface area contributed by atoms with E-state index < -0.39 is 0 Å². The van der Waals surface area contributed by atoms with Crippen LogP contribution in [-0.4, -0.2) is 11.7 Å². The number of aliphatic hydroxyl groups excluding tert-OH is 1. The summed E-state index contributed by atoms with van der Waals surface area (Å²) >= 11 is 0. The van der Waals surface area contributed by atoms with Crippen molar-refractivity contribution in [3.8, 4) is 0 Å². The number of allylic oxidation sites excluding steroid dienone is 3. The van der Waals surface area contributed by atoms with E-state index in [1.54, 1.807) is 0 Å². The lowest BCUT2D eigenvalue weighted by Gasteiger charge is -2.40. The molecule has 0 amide bonds. The highest BCUT2D eigenvalue weighted by Gasteiger charge is 2.35. The van der Waals surface area contributed by atoms with Crippen LogP contribution in [0.2, 0.25) is 0 Å². The van der Waals surface area contributed by atoms with Crippen molar-refractivity contribution in [2.45, 2.75) is 39.0 Å². The predicted octanol–water partition coefficient (Wildman–Crippen LogP) is 4.13. The van der Waals surface area contributed by atoms with Crippen molar-refractivity contribution in [2.24, 2.45) is 5.41 Å². The highest BCUT2D eigenvalue weighted by Crippen LogP contribution is 2.48. The zero-order valence-electron chi connectivity index (χ0n) is 11.7. The van der Waals surface area contributed by atoms with Crippen LogP contribution in [0.1, 0.15) is 43.7 Å². The molecule has 0 fully saturated rings. The molecule has 100 valence electrons. The Balaban J connectivity index is 2.11. The molecule has 0 saturated carbocycles. The summed E-state index contributed by atoms with van der Waals surface area (Å²) in [5.74, 6) is 0.